The minimum Gasteiger partial charge on any atom is -0.408 e. The van der Waals surface area contributed by atoms with Crippen LogP contribution in [0.2, 0.25) is 0 Å². The third-order valence-electron chi connectivity index (χ3n) is 5.30. The van der Waals surface area contributed by atoms with Gasteiger partial charge in [-0.1, -0.05) is 42.1 Å². The summed E-state index contributed by atoms with van der Waals surface area (Å²) in [5.74, 6) is 0.110. The van der Waals surface area contributed by atoms with Crippen molar-refractivity contribution in [3.05, 3.63) is 81.2 Å². The number of hydrogen-bond acceptors (Lipinski definition) is 7. The normalized spacial score (nSPS) is 11.4. The Kier molecular flexibility index (Phi) is 5.02. The summed E-state index contributed by atoms with van der Waals surface area (Å²) in [6.45, 7) is 2.26. The number of benzene rings is 2. The smallest absolute Gasteiger partial charge is 0.408 e. The molecule has 0 radical (unpaired) electrons. The van der Waals surface area contributed by atoms with Crippen LogP contribution in [-0.2, 0) is 13.6 Å². The van der Waals surface area contributed by atoms with Crippen molar-refractivity contribution in [3.63, 3.8) is 0 Å². The molecule has 0 fully saturated rings. The molecule has 3 heterocycles. The van der Waals surface area contributed by atoms with Crippen LogP contribution in [0.5, 0.6) is 0 Å². The molecule has 32 heavy (non-hydrogen) atoms. The van der Waals surface area contributed by atoms with E-state index in [1.165, 1.54) is 16.4 Å². The fraction of sp³-hybridized carbons (Fsp3) is 0.190. The predicted octanol–water partition coefficient (Wildman–Crippen LogP) is 2.16. The molecule has 0 spiro atoms. The quantitative estimate of drug-likeness (QED) is 0.366. The van der Waals surface area contributed by atoms with E-state index in [0.717, 1.165) is 16.9 Å². The van der Waals surface area contributed by atoms with E-state index in [1.807, 2.05) is 62.5 Å². The lowest BCUT2D eigenvalue weighted by atomic mass is 10.3. The molecular weight excluding hydrogens is 430 g/mol. The number of hydrogen-bond donors (Lipinski definition) is 0. The standard InChI is InChI=1S/C21H19N7O3S/c1-14-18(19(29)28(25(14)2)15-8-4-3-5-9-15)27-20(22-23-24-27)32-13-12-26-16-10-6-7-11-17(16)31-21(26)30/h3-11H,12-13H2,1-2H3. The molecule has 0 atom stereocenters. The van der Waals surface area contributed by atoms with Gasteiger partial charge in [0.25, 0.3) is 5.56 Å². The first kappa shape index (κ1) is 20.1. The van der Waals surface area contributed by atoms with E-state index < -0.39 is 5.76 Å². The molecule has 0 unspecified atom stereocenters. The van der Waals surface area contributed by atoms with E-state index in [1.54, 1.807) is 20.0 Å². The van der Waals surface area contributed by atoms with E-state index in [0.29, 0.717) is 28.7 Å². The van der Waals surface area contributed by atoms with Gasteiger partial charge in [0.2, 0.25) is 5.16 Å². The summed E-state index contributed by atoms with van der Waals surface area (Å²) in [7, 11) is 1.82. The highest BCUT2D eigenvalue weighted by molar-refractivity contribution is 7.99. The van der Waals surface area contributed by atoms with Gasteiger partial charge in [-0.15, -0.1) is 5.10 Å². The Balaban J connectivity index is 1.44. The Bertz CT molecular complexity index is 1520. The summed E-state index contributed by atoms with van der Waals surface area (Å²) < 4.78 is 11.7. The molecule has 5 aromatic rings. The maximum atomic E-state index is 13.3. The predicted molar refractivity (Wildman–Crippen MR) is 120 cm³/mol. The zero-order chi connectivity index (χ0) is 22.2. The Labute approximate surface area is 185 Å². The lowest BCUT2D eigenvalue weighted by Gasteiger charge is -2.07. The summed E-state index contributed by atoms with van der Waals surface area (Å²) in [4.78, 5) is 25.5. The summed E-state index contributed by atoms with van der Waals surface area (Å²) in [6.07, 6.45) is 0. The first-order chi connectivity index (χ1) is 15.6. The first-order valence-corrected chi connectivity index (χ1v) is 10.9. The van der Waals surface area contributed by atoms with Gasteiger partial charge in [0.05, 0.1) is 16.9 Å². The molecule has 2 aromatic carbocycles. The van der Waals surface area contributed by atoms with Crippen LogP contribution in [0.25, 0.3) is 22.5 Å². The molecule has 0 bridgehead atoms. The molecule has 0 N–H and O–H groups in total. The maximum Gasteiger partial charge on any atom is 0.419 e. The lowest BCUT2D eigenvalue weighted by Crippen LogP contribution is -2.22. The van der Waals surface area contributed by atoms with Gasteiger partial charge in [-0.3, -0.25) is 14.0 Å². The monoisotopic (exact) mass is 449 g/mol. The zero-order valence-electron chi connectivity index (χ0n) is 17.4. The van der Waals surface area contributed by atoms with Crippen LogP contribution in [0.1, 0.15) is 5.69 Å². The number of nitrogens with zero attached hydrogens (tertiary/aromatic N) is 7. The van der Waals surface area contributed by atoms with Crippen LogP contribution in [-0.4, -0.2) is 39.9 Å². The molecule has 0 aliphatic rings. The van der Waals surface area contributed by atoms with Gasteiger partial charge in [-0.05, 0) is 41.6 Å². The number of rotatable bonds is 6. The highest BCUT2D eigenvalue weighted by atomic mass is 32.2. The summed E-state index contributed by atoms with van der Waals surface area (Å²) in [6, 6.07) is 16.7. The molecule has 3 aromatic heterocycles. The van der Waals surface area contributed by atoms with Gasteiger partial charge in [-0.2, -0.15) is 4.68 Å². The molecule has 0 aliphatic carbocycles. The minimum atomic E-state index is -0.406. The summed E-state index contributed by atoms with van der Waals surface area (Å²) in [5.41, 5.74) is 2.93. The molecule has 11 heteroatoms. The SMILES string of the molecule is Cc1c(-n2nnnc2SCCn2c(=O)oc3ccccc32)c(=O)n(-c2ccccc2)n1C. The molecule has 162 valence electrons. The number of fused-ring (bicyclic) bond motifs is 1. The fourth-order valence-corrected chi connectivity index (χ4v) is 4.46. The highest BCUT2D eigenvalue weighted by Crippen LogP contribution is 2.21. The Morgan fingerprint density at radius 3 is 2.59 bits per heavy atom. The van der Waals surface area contributed by atoms with E-state index >= 15 is 0 Å². The van der Waals surface area contributed by atoms with Crippen molar-refractivity contribution in [3.8, 4) is 11.4 Å². The zero-order valence-corrected chi connectivity index (χ0v) is 18.2. The third-order valence-corrected chi connectivity index (χ3v) is 6.20. The number of aromatic nitrogens is 7. The summed E-state index contributed by atoms with van der Waals surface area (Å²) >= 11 is 1.36. The van der Waals surface area contributed by atoms with Crippen molar-refractivity contribution in [2.45, 2.75) is 18.6 Å². The Hall–Kier alpha value is -3.86. The van der Waals surface area contributed by atoms with Crippen LogP contribution in [0, 0.1) is 6.92 Å². The second kappa shape index (κ2) is 8.00. The third kappa shape index (κ3) is 3.26. The van der Waals surface area contributed by atoms with Crippen molar-refractivity contribution in [1.82, 2.24) is 34.1 Å². The van der Waals surface area contributed by atoms with Gasteiger partial charge < -0.3 is 4.42 Å². The van der Waals surface area contributed by atoms with E-state index in [4.69, 9.17) is 4.42 Å². The number of thioether (sulfide) groups is 1. The minimum absolute atomic E-state index is 0.220. The number of para-hydroxylation sites is 3. The van der Waals surface area contributed by atoms with Crippen LogP contribution in [0.4, 0.5) is 0 Å². The number of tetrazole rings is 1. The van der Waals surface area contributed by atoms with Crippen molar-refractivity contribution in [2.24, 2.45) is 7.05 Å². The second-order valence-electron chi connectivity index (χ2n) is 7.12. The average Bonchev–Trinajstić information content (AvgIpc) is 3.44. The highest BCUT2D eigenvalue weighted by Gasteiger charge is 2.22. The molecule has 5 rings (SSSR count). The molecular formula is C21H19N7O3S. The van der Waals surface area contributed by atoms with Crippen LogP contribution >= 0.6 is 11.8 Å². The van der Waals surface area contributed by atoms with Crippen molar-refractivity contribution in [2.75, 3.05) is 5.75 Å². The van der Waals surface area contributed by atoms with Crippen LogP contribution in [0.3, 0.4) is 0 Å². The maximum absolute atomic E-state index is 13.3. The average molecular weight is 449 g/mol. The van der Waals surface area contributed by atoms with Crippen molar-refractivity contribution >= 4 is 22.9 Å². The van der Waals surface area contributed by atoms with Gasteiger partial charge in [0.1, 0.15) is 0 Å². The summed E-state index contributed by atoms with van der Waals surface area (Å²) in [5, 5.41) is 12.4. The molecule has 10 nitrogen and oxygen atoms in total. The van der Waals surface area contributed by atoms with Crippen LogP contribution < -0.4 is 11.3 Å². The van der Waals surface area contributed by atoms with Gasteiger partial charge in [0, 0.05) is 19.3 Å². The Morgan fingerprint density at radius 2 is 1.78 bits per heavy atom. The lowest BCUT2D eigenvalue weighted by molar-refractivity contribution is 0.514. The second-order valence-corrected chi connectivity index (χ2v) is 8.18. The number of aryl methyl sites for hydroxylation is 1. The Morgan fingerprint density at radius 1 is 1.03 bits per heavy atom. The van der Waals surface area contributed by atoms with Crippen molar-refractivity contribution in [1.29, 1.82) is 0 Å². The van der Waals surface area contributed by atoms with Crippen molar-refractivity contribution < 1.29 is 4.42 Å². The molecule has 0 saturated heterocycles. The molecule has 0 amide bonds. The van der Waals surface area contributed by atoms with Gasteiger partial charge in [-0.25, -0.2) is 9.48 Å². The van der Waals surface area contributed by atoms with Gasteiger partial charge in [0.15, 0.2) is 11.3 Å². The van der Waals surface area contributed by atoms with Crippen LogP contribution in [0.15, 0.2) is 73.8 Å². The largest absolute Gasteiger partial charge is 0.419 e. The molecule has 0 aliphatic heterocycles. The van der Waals surface area contributed by atoms with E-state index in [2.05, 4.69) is 15.5 Å². The van der Waals surface area contributed by atoms with E-state index in [-0.39, 0.29) is 5.56 Å². The molecule has 0 saturated carbocycles. The fourth-order valence-electron chi connectivity index (χ4n) is 3.66. The van der Waals surface area contributed by atoms with E-state index in [9.17, 15) is 9.59 Å². The number of oxazole rings is 1. The first-order valence-electron chi connectivity index (χ1n) is 9.90. The van der Waals surface area contributed by atoms with Gasteiger partial charge >= 0.3 is 5.76 Å². The topological polar surface area (TPSA) is 106 Å².